The SMILES string of the molecule is CCN(CCC(=O)O)C1CCCc2occc21. The number of furan rings is 1. The first-order valence-electron chi connectivity index (χ1n) is 6.24. The van der Waals surface area contributed by atoms with E-state index in [0.29, 0.717) is 12.6 Å². The van der Waals surface area contributed by atoms with Crippen molar-refractivity contribution in [1.82, 2.24) is 4.90 Å². The molecule has 94 valence electrons. The molecule has 0 saturated carbocycles. The van der Waals surface area contributed by atoms with Crippen LogP contribution in [0.5, 0.6) is 0 Å². The highest BCUT2D eigenvalue weighted by atomic mass is 16.4. The van der Waals surface area contributed by atoms with Gasteiger partial charge in [0.25, 0.3) is 0 Å². The average Bonchev–Trinajstić information content (AvgIpc) is 2.78. The van der Waals surface area contributed by atoms with Crippen molar-refractivity contribution in [3.05, 3.63) is 23.7 Å². The largest absolute Gasteiger partial charge is 0.481 e. The van der Waals surface area contributed by atoms with Crippen LogP contribution in [-0.4, -0.2) is 29.1 Å². The summed E-state index contributed by atoms with van der Waals surface area (Å²) >= 11 is 0. The minimum absolute atomic E-state index is 0.206. The Morgan fingerprint density at radius 1 is 1.65 bits per heavy atom. The summed E-state index contributed by atoms with van der Waals surface area (Å²) < 4.78 is 5.46. The predicted octanol–water partition coefficient (Wildman–Crippen LogP) is 2.45. The highest BCUT2D eigenvalue weighted by molar-refractivity contribution is 5.66. The van der Waals surface area contributed by atoms with Gasteiger partial charge < -0.3 is 9.52 Å². The third-order valence-corrected chi connectivity index (χ3v) is 3.48. The van der Waals surface area contributed by atoms with Gasteiger partial charge in [-0.2, -0.15) is 0 Å². The van der Waals surface area contributed by atoms with Gasteiger partial charge in [-0.1, -0.05) is 6.92 Å². The minimum Gasteiger partial charge on any atom is -0.481 e. The van der Waals surface area contributed by atoms with E-state index in [0.717, 1.165) is 31.6 Å². The molecule has 2 rings (SSSR count). The van der Waals surface area contributed by atoms with E-state index in [1.165, 1.54) is 5.56 Å². The Labute approximate surface area is 101 Å². The van der Waals surface area contributed by atoms with Crippen LogP contribution in [0.15, 0.2) is 16.7 Å². The number of hydrogen-bond donors (Lipinski definition) is 1. The zero-order chi connectivity index (χ0) is 12.3. The molecule has 1 N–H and O–H groups in total. The van der Waals surface area contributed by atoms with E-state index in [2.05, 4.69) is 11.8 Å². The van der Waals surface area contributed by atoms with Crippen molar-refractivity contribution in [1.29, 1.82) is 0 Å². The average molecular weight is 237 g/mol. The van der Waals surface area contributed by atoms with Crippen LogP contribution in [0.25, 0.3) is 0 Å². The molecule has 0 amide bonds. The van der Waals surface area contributed by atoms with Crippen molar-refractivity contribution >= 4 is 5.97 Å². The number of carbonyl (C=O) groups is 1. The summed E-state index contributed by atoms with van der Waals surface area (Å²) in [5.41, 5.74) is 1.25. The van der Waals surface area contributed by atoms with E-state index in [9.17, 15) is 4.79 Å². The van der Waals surface area contributed by atoms with Gasteiger partial charge in [-0.05, 0) is 25.5 Å². The Hall–Kier alpha value is -1.29. The highest BCUT2D eigenvalue weighted by Crippen LogP contribution is 2.34. The maximum Gasteiger partial charge on any atom is 0.304 e. The molecule has 17 heavy (non-hydrogen) atoms. The lowest BCUT2D eigenvalue weighted by Crippen LogP contribution is -2.32. The number of carboxylic acids is 1. The Balaban J connectivity index is 2.08. The van der Waals surface area contributed by atoms with Gasteiger partial charge in [0.1, 0.15) is 5.76 Å². The molecule has 0 bridgehead atoms. The van der Waals surface area contributed by atoms with Gasteiger partial charge in [0.15, 0.2) is 0 Å². The molecule has 4 heteroatoms. The highest BCUT2D eigenvalue weighted by Gasteiger charge is 2.27. The molecular weight excluding hydrogens is 218 g/mol. The van der Waals surface area contributed by atoms with E-state index in [1.54, 1.807) is 6.26 Å². The number of aliphatic carboxylic acids is 1. The van der Waals surface area contributed by atoms with Gasteiger partial charge in [0, 0.05) is 24.6 Å². The van der Waals surface area contributed by atoms with Gasteiger partial charge >= 0.3 is 5.97 Å². The summed E-state index contributed by atoms with van der Waals surface area (Å²) in [6, 6.07) is 2.37. The van der Waals surface area contributed by atoms with Crippen molar-refractivity contribution in [2.45, 2.75) is 38.6 Å². The Morgan fingerprint density at radius 2 is 2.47 bits per heavy atom. The standard InChI is InChI=1S/C13H19NO3/c1-2-14(8-6-13(15)16)11-4-3-5-12-10(11)7-9-17-12/h7,9,11H,2-6,8H2,1H3,(H,15,16). The molecule has 0 spiro atoms. The molecule has 1 heterocycles. The first-order chi connectivity index (χ1) is 8.22. The van der Waals surface area contributed by atoms with E-state index < -0.39 is 5.97 Å². The van der Waals surface area contributed by atoms with E-state index in [1.807, 2.05) is 6.07 Å². The fourth-order valence-electron chi connectivity index (χ4n) is 2.61. The molecular formula is C13H19NO3. The molecule has 1 aliphatic carbocycles. The Morgan fingerprint density at radius 3 is 3.18 bits per heavy atom. The van der Waals surface area contributed by atoms with Crippen LogP contribution in [0.4, 0.5) is 0 Å². The second-order valence-electron chi connectivity index (χ2n) is 4.48. The molecule has 0 saturated heterocycles. The summed E-state index contributed by atoms with van der Waals surface area (Å²) in [4.78, 5) is 12.9. The molecule has 1 atom stereocenters. The van der Waals surface area contributed by atoms with Crippen LogP contribution in [0.3, 0.4) is 0 Å². The molecule has 4 nitrogen and oxygen atoms in total. The number of nitrogens with zero attached hydrogens (tertiary/aromatic N) is 1. The maximum atomic E-state index is 10.7. The number of rotatable bonds is 5. The second-order valence-corrected chi connectivity index (χ2v) is 4.48. The summed E-state index contributed by atoms with van der Waals surface area (Å²) in [5, 5.41) is 8.77. The predicted molar refractivity (Wildman–Crippen MR) is 63.9 cm³/mol. The van der Waals surface area contributed by atoms with Crippen LogP contribution in [-0.2, 0) is 11.2 Å². The van der Waals surface area contributed by atoms with Crippen LogP contribution >= 0.6 is 0 Å². The molecule has 1 aromatic rings. The number of fused-ring (bicyclic) bond motifs is 1. The zero-order valence-corrected chi connectivity index (χ0v) is 10.2. The Bertz CT molecular complexity index is 386. The summed E-state index contributed by atoms with van der Waals surface area (Å²) in [6.07, 6.45) is 5.18. The van der Waals surface area contributed by atoms with Crippen molar-refractivity contribution < 1.29 is 14.3 Å². The summed E-state index contributed by atoms with van der Waals surface area (Å²) in [7, 11) is 0. The quantitative estimate of drug-likeness (QED) is 0.854. The normalized spacial score (nSPS) is 19.3. The van der Waals surface area contributed by atoms with Gasteiger partial charge in [0.05, 0.1) is 12.7 Å². The molecule has 1 unspecified atom stereocenters. The zero-order valence-electron chi connectivity index (χ0n) is 10.2. The third-order valence-electron chi connectivity index (χ3n) is 3.48. The molecule has 0 fully saturated rings. The first-order valence-corrected chi connectivity index (χ1v) is 6.24. The van der Waals surface area contributed by atoms with Crippen LogP contribution < -0.4 is 0 Å². The lowest BCUT2D eigenvalue weighted by molar-refractivity contribution is -0.137. The first kappa shape index (κ1) is 12.2. The van der Waals surface area contributed by atoms with E-state index in [-0.39, 0.29) is 6.42 Å². The lowest BCUT2D eigenvalue weighted by atomic mass is 9.92. The van der Waals surface area contributed by atoms with Crippen LogP contribution in [0.2, 0.25) is 0 Å². The van der Waals surface area contributed by atoms with Gasteiger partial charge in [0.2, 0.25) is 0 Å². The molecule has 1 aliphatic rings. The second kappa shape index (κ2) is 5.36. The van der Waals surface area contributed by atoms with Crippen molar-refractivity contribution in [2.75, 3.05) is 13.1 Å². The van der Waals surface area contributed by atoms with E-state index >= 15 is 0 Å². The third kappa shape index (κ3) is 2.69. The maximum absolute atomic E-state index is 10.7. The summed E-state index contributed by atoms with van der Waals surface area (Å²) in [5.74, 6) is 0.349. The fraction of sp³-hybridized carbons (Fsp3) is 0.615. The fourth-order valence-corrected chi connectivity index (χ4v) is 2.61. The van der Waals surface area contributed by atoms with Crippen LogP contribution in [0, 0.1) is 0 Å². The van der Waals surface area contributed by atoms with Crippen molar-refractivity contribution in [3.63, 3.8) is 0 Å². The number of aryl methyl sites for hydroxylation is 1. The van der Waals surface area contributed by atoms with Gasteiger partial charge in [-0.15, -0.1) is 0 Å². The topological polar surface area (TPSA) is 53.7 Å². The van der Waals surface area contributed by atoms with Crippen LogP contribution in [0.1, 0.15) is 43.6 Å². The van der Waals surface area contributed by atoms with E-state index in [4.69, 9.17) is 9.52 Å². The lowest BCUT2D eigenvalue weighted by Gasteiger charge is -2.32. The summed E-state index contributed by atoms with van der Waals surface area (Å²) in [6.45, 7) is 3.57. The minimum atomic E-state index is -0.730. The van der Waals surface area contributed by atoms with Crippen molar-refractivity contribution in [2.24, 2.45) is 0 Å². The monoisotopic (exact) mass is 237 g/mol. The van der Waals surface area contributed by atoms with Crippen molar-refractivity contribution in [3.8, 4) is 0 Å². The molecule has 0 aromatic carbocycles. The number of carboxylic acid groups (broad SMARTS) is 1. The number of hydrogen-bond acceptors (Lipinski definition) is 3. The molecule has 0 aliphatic heterocycles. The smallest absolute Gasteiger partial charge is 0.304 e. The Kier molecular flexibility index (Phi) is 3.84. The van der Waals surface area contributed by atoms with Gasteiger partial charge in [-0.25, -0.2) is 0 Å². The molecule has 0 radical (unpaired) electrons. The molecule has 1 aromatic heterocycles. The van der Waals surface area contributed by atoms with Gasteiger partial charge in [-0.3, -0.25) is 9.69 Å².